The van der Waals surface area contributed by atoms with Crippen molar-refractivity contribution in [3.8, 4) is 34.2 Å². The number of carbonyl (C=O) groups is 1. The van der Waals surface area contributed by atoms with Crippen molar-refractivity contribution in [2.45, 2.75) is 6.42 Å². The molecule has 0 fully saturated rings. The highest BCUT2D eigenvalue weighted by Crippen LogP contribution is 2.33. The molecule has 1 amide bonds. The van der Waals surface area contributed by atoms with Crippen LogP contribution in [0.1, 0.15) is 16.2 Å². The molecule has 174 valence electrons. The minimum Gasteiger partial charge on any atom is -0.497 e. The Morgan fingerprint density at radius 2 is 1.68 bits per heavy atom. The van der Waals surface area contributed by atoms with Gasteiger partial charge >= 0.3 is 0 Å². The molecule has 0 aliphatic rings. The molecule has 2 aromatic carbocycles. The maximum atomic E-state index is 13.2. The van der Waals surface area contributed by atoms with Crippen LogP contribution >= 0.6 is 0 Å². The third-order valence-corrected chi connectivity index (χ3v) is 5.34. The van der Waals surface area contributed by atoms with Crippen LogP contribution in [0.4, 0.5) is 0 Å². The summed E-state index contributed by atoms with van der Waals surface area (Å²) in [6.07, 6.45) is 2.37. The van der Waals surface area contributed by atoms with Crippen LogP contribution in [0.25, 0.3) is 16.9 Å². The zero-order valence-corrected chi connectivity index (χ0v) is 19.3. The van der Waals surface area contributed by atoms with Crippen molar-refractivity contribution in [3.63, 3.8) is 0 Å². The van der Waals surface area contributed by atoms with E-state index in [4.69, 9.17) is 19.3 Å². The molecule has 0 saturated heterocycles. The number of hydrogen-bond acceptors (Lipinski definition) is 6. The first kappa shape index (κ1) is 22.8. The summed E-state index contributed by atoms with van der Waals surface area (Å²) in [5.41, 5.74) is 3.40. The molecule has 34 heavy (non-hydrogen) atoms. The third-order valence-electron chi connectivity index (χ3n) is 5.34. The number of ether oxygens (including phenoxy) is 3. The van der Waals surface area contributed by atoms with E-state index in [9.17, 15) is 4.79 Å². The predicted molar refractivity (Wildman–Crippen MR) is 129 cm³/mol. The Morgan fingerprint density at radius 3 is 2.35 bits per heavy atom. The molecule has 8 nitrogen and oxygen atoms in total. The van der Waals surface area contributed by atoms with Gasteiger partial charge in [-0.2, -0.15) is 5.10 Å². The van der Waals surface area contributed by atoms with Gasteiger partial charge in [0.1, 0.15) is 22.9 Å². The molecule has 0 atom stereocenters. The topological polar surface area (TPSA) is 87.5 Å². The van der Waals surface area contributed by atoms with E-state index in [1.807, 2.05) is 54.6 Å². The van der Waals surface area contributed by atoms with E-state index in [1.54, 1.807) is 44.3 Å². The highest BCUT2D eigenvalue weighted by atomic mass is 16.5. The fraction of sp³-hybridized carbons (Fsp3) is 0.192. The number of pyridine rings is 1. The molecule has 0 bridgehead atoms. The molecule has 2 aromatic heterocycles. The van der Waals surface area contributed by atoms with Gasteiger partial charge in [0.15, 0.2) is 0 Å². The van der Waals surface area contributed by atoms with Crippen LogP contribution in [0.5, 0.6) is 17.2 Å². The number of rotatable bonds is 9. The van der Waals surface area contributed by atoms with E-state index in [0.29, 0.717) is 41.6 Å². The second-order valence-corrected chi connectivity index (χ2v) is 7.42. The summed E-state index contributed by atoms with van der Waals surface area (Å²) in [6.45, 7) is 0.449. The zero-order chi connectivity index (χ0) is 23.9. The average Bonchev–Trinajstić information content (AvgIpc) is 3.34. The molecule has 0 saturated carbocycles. The summed E-state index contributed by atoms with van der Waals surface area (Å²) in [5.74, 6) is 1.75. The summed E-state index contributed by atoms with van der Waals surface area (Å²) >= 11 is 0. The zero-order valence-electron chi connectivity index (χ0n) is 19.3. The van der Waals surface area contributed by atoms with E-state index in [2.05, 4.69) is 10.3 Å². The molecule has 0 radical (unpaired) electrons. The Bertz CT molecular complexity index is 1250. The van der Waals surface area contributed by atoms with E-state index in [1.165, 1.54) is 0 Å². The van der Waals surface area contributed by atoms with Gasteiger partial charge < -0.3 is 19.5 Å². The molecule has 2 heterocycles. The molecule has 0 spiro atoms. The standard InChI is InChI=1S/C26H26N4O4/c1-32-20-9-7-19(8-10-20)30-24(26(31)28-15-13-18-6-4-5-14-27-18)17-23(29-30)22-12-11-21(33-2)16-25(22)34-3/h4-12,14,16-17H,13,15H2,1-3H3,(H,28,31). The predicted octanol–water partition coefficient (Wildman–Crippen LogP) is 3.93. The fourth-order valence-corrected chi connectivity index (χ4v) is 3.55. The van der Waals surface area contributed by atoms with Crippen molar-refractivity contribution in [1.29, 1.82) is 0 Å². The quantitative estimate of drug-likeness (QED) is 0.409. The van der Waals surface area contributed by atoms with Gasteiger partial charge in [0.05, 0.1) is 32.7 Å². The lowest BCUT2D eigenvalue weighted by atomic mass is 10.1. The number of hydrogen-bond donors (Lipinski definition) is 1. The first-order valence-corrected chi connectivity index (χ1v) is 10.8. The third kappa shape index (κ3) is 5.01. The van der Waals surface area contributed by atoms with Crippen molar-refractivity contribution in [3.05, 3.63) is 84.3 Å². The number of benzene rings is 2. The molecule has 1 N–H and O–H groups in total. The number of amides is 1. The lowest BCUT2D eigenvalue weighted by Crippen LogP contribution is -2.28. The monoisotopic (exact) mass is 458 g/mol. The highest BCUT2D eigenvalue weighted by molar-refractivity contribution is 5.94. The van der Waals surface area contributed by atoms with E-state index in [0.717, 1.165) is 16.9 Å². The molecular formula is C26H26N4O4. The van der Waals surface area contributed by atoms with Gasteiger partial charge in [-0.15, -0.1) is 0 Å². The Balaban J connectivity index is 1.67. The largest absolute Gasteiger partial charge is 0.497 e. The van der Waals surface area contributed by atoms with Crippen LogP contribution in [-0.4, -0.2) is 48.5 Å². The molecular weight excluding hydrogens is 432 g/mol. The van der Waals surface area contributed by atoms with Crippen LogP contribution in [0, 0.1) is 0 Å². The molecule has 4 aromatic rings. The molecule has 8 heteroatoms. The summed E-state index contributed by atoms with van der Waals surface area (Å²) in [4.78, 5) is 17.5. The van der Waals surface area contributed by atoms with Crippen molar-refractivity contribution in [2.75, 3.05) is 27.9 Å². The Kier molecular flexibility index (Phi) is 7.07. The lowest BCUT2D eigenvalue weighted by molar-refractivity contribution is 0.0946. The van der Waals surface area contributed by atoms with Crippen LogP contribution in [0.2, 0.25) is 0 Å². The van der Waals surface area contributed by atoms with Crippen LogP contribution < -0.4 is 19.5 Å². The number of nitrogens with one attached hydrogen (secondary N) is 1. The number of carbonyl (C=O) groups excluding carboxylic acids is 1. The fourth-order valence-electron chi connectivity index (χ4n) is 3.55. The van der Waals surface area contributed by atoms with Crippen molar-refractivity contribution < 1.29 is 19.0 Å². The molecule has 0 unspecified atom stereocenters. The highest BCUT2D eigenvalue weighted by Gasteiger charge is 2.20. The van der Waals surface area contributed by atoms with Crippen LogP contribution in [0.3, 0.4) is 0 Å². The van der Waals surface area contributed by atoms with E-state index >= 15 is 0 Å². The van der Waals surface area contributed by atoms with Gasteiger partial charge in [0.2, 0.25) is 0 Å². The number of methoxy groups -OCH3 is 3. The second kappa shape index (κ2) is 10.5. The minimum absolute atomic E-state index is 0.238. The van der Waals surface area contributed by atoms with Crippen molar-refractivity contribution in [2.24, 2.45) is 0 Å². The van der Waals surface area contributed by atoms with Gasteiger partial charge in [-0.3, -0.25) is 9.78 Å². The smallest absolute Gasteiger partial charge is 0.270 e. The van der Waals surface area contributed by atoms with Crippen LogP contribution in [-0.2, 0) is 6.42 Å². The summed E-state index contributed by atoms with van der Waals surface area (Å²) in [5, 5.41) is 7.72. The number of aromatic nitrogens is 3. The summed E-state index contributed by atoms with van der Waals surface area (Å²) in [6, 6.07) is 20.3. The van der Waals surface area contributed by atoms with Gasteiger partial charge in [0.25, 0.3) is 5.91 Å². The number of nitrogens with zero attached hydrogens (tertiary/aromatic N) is 3. The first-order valence-electron chi connectivity index (χ1n) is 10.8. The maximum Gasteiger partial charge on any atom is 0.270 e. The normalized spacial score (nSPS) is 10.6. The van der Waals surface area contributed by atoms with E-state index < -0.39 is 0 Å². The maximum absolute atomic E-state index is 13.2. The lowest BCUT2D eigenvalue weighted by Gasteiger charge is -2.09. The summed E-state index contributed by atoms with van der Waals surface area (Å²) in [7, 11) is 4.79. The van der Waals surface area contributed by atoms with Gasteiger partial charge in [-0.05, 0) is 54.6 Å². The minimum atomic E-state index is -0.238. The Morgan fingerprint density at radius 1 is 0.912 bits per heavy atom. The SMILES string of the molecule is COc1ccc(-n2nc(-c3ccc(OC)cc3OC)cc2C(=O)NCCc2ccccn2)cc1. The van der Waals surface area contributed by atoms with Gasteiger partial charge in [-0.1, -0.05) is 6.07 Å². The first-order chi connectivity index (χ1) is 16.6. The van der Waals surface area contributed by atoms with Crippen LogP contribution in [0.15, 0.2) is 72.9 Å². The second-order valence-electron chi connectivity index (χ2n) is 7.42. The van der Waals surface area contributed by atoms with E-state index in [-0.39, 0.29) is 5.91 Å². The Hall–Kier alpha value is -4.33. The molecule has 0 aliphatic heterocycles. The van der Waals surface area contributed by atoms with Gasteiger partial charge in [0, 0.05) is 36.5 Å². The summed E-state index contributed by atoms with van der Waals surface area (Å²) < 4.78 is 17.7. The molecule has 4 rings (SSSR count). The average molecular weight is 459 g/mol. The van der Waals surface area contributed by atoms with Crippen molar-refractivity contribution >= 4 is 5.91 Å². The van der Waals surface area contributed by atoms with Gasteiger partial charge in [-0.25, -0.2) is 4.68 Å². The Labute approximate surface area is 198 Å². The molecule has 0 aliphatic carbocycles. The van der Waals surface area contributed by atoms with Crippen molar-refractivity contribution in [1.82, 2.24) is 20.1 Å².